The maximum Gasteiger partial charge on any atom is 0.410 e. The van der Waals surface area contributed by atoms with Crippen molar-refractivity contribution < 1.29 is 9.53 Å². The topological polar surface area (TPSA) is 38.3 Å². The summed E-state index contributed by atoms with van der Waals surface area (Å²) in [5.74, 6) is 0. The molecule has 1 aliphatic carbocycles. The monoisotopic (exact) mass is 167 g/mol. The molecular weight excluding hydrogens is 154 g/mol. The van der Waals surface area contributed by atoms with Gasteiger partial charge in [-0.25, -0.2) is 4.79 Å². The summed E-state index contributed by atoms with van der Waals surface area (Å²) < 4.78 is 4.43. The van der Waals surface area contributed by atoms with Gasteiger partial charge in [-0.3, -0.25) is 5.32 Å². The smallest absolute Gasteiger partial charge is 0.410 e. The van der Waals surface area contributed by atoms with Crippen molar-refractivity contribution in [1.29, 1.82) is 0 Å². The lowest BCUT2D eigenvalue weighted by atomic mass is 10.0. The summed E-state index contributed by atoms with van der Waals surface area (Å²) in [4.78, 5) is 10.7. The number of nitrogens with one attached hydrogen (secondary N) is 1. The summed E-state index contributed by atoms with van der Waals surface area (Å²) in [6.45, 7) is 0. The highest BCUT2D eigenvalue weighted by Crippen LogP contribution is 2.15. The second kappa shape index (κ2) is 4.59. The Balaban J connectivity index is 2.36. The first-order valence-electron chi connectivity index (χ1n) is 4.00. The largest absolute Gasteiger partial charge is 0.453 e. The molecule has 0 radical (unpaired) electrons. The van der Waals surface area contributed by atoms with Gasteiger partial charge < -0.3 is 4.74 Å². The Morgan fingerprint density at radius 1 is 1.67 bits per heavy atom. The number of rotatable bonds is 1. The zero-order chi connectivity index (χ0) is 8.81. The average molecular weight is 167 g/mol. The van der Waals surface area contributed by atoms with Gasteiger partial charge in [-0.15, -0.1) is 0 Å². The molecule has 0 aliphatic heterocycles. The number of amides is 1. The van der Waals surface area contributed by atoms with Crippen LogP contribution in [0.1, 0.15) is 19.3 Å². The van der Waals surface area contributed by atoms with E-state index in [-0.39, 0.29) is 0 Å². The van der Waals surface area contributed by atoms with Crippen molar-refractivity contribution in [3.8, 4) is 0 Å². The first-order chi connectivity index (χ1) is 5.83. The second-order valence-corrected chi connectivity index (χ2v) is 2.65. The first-order valence-corrected chi connectivity index (χ1v) is 4.00. The number of hydrogen-bond acceptors (Lipinski definition) is 2. The third kappa shape index (κ3) is 2.78. The number of ether oxygens (including phenoxy) is 1. The number of methoxy groups -OCH3 is 1. The van der Waals surface area contributed by atoms with Crippen molar-refractivity contribution in [2.24, 2.45) is 0 Å². The van der Waals surface area contributed by atoms with Crippen molar-refractivity contribution >= 4 is 6.09 Å². The normalized spacial score (nSPS) is 19.2. The van der Waals surface area contributed by atoms with Gasteiger partial charge in [0.25, 0.3) is 0 Å². The molecule has 1 rings (SSSR count). The quantitative estimate of drug-likeness (QED) is 0.606. The standard InChI is InChI=1S/C9H13NO2/c1-12-9(11)10-7-8-5-3-2-4-6-8/h2-3,7H,4-6H2,1H3,(H,10,11)/b8-7+. The van der Waals surface area contributed by atoms with Crippen LogP contribution in [-0.2, 0) is 4.74 Å². The van der Waals surface area contributed by atoms with E-state index >= 15 is 0 Å². The molecule has 0 atom stereocenters. The first kappa shape index (κ1) is 8.84. The summed E-state index contributed by atoms with van der Waals surface area (Å²) in [5.41, 5.74) is 1.24. The van der Waals surface area contributed by atoms with E-state index in [0.29, 0.717) is 0 Å². The minimum Gasteiger partial charge on any atom is -0.453 e. The molecule has 1 aliphatic rings. The van der Waals surface area contributed by atoms with Crippen LogP contribution < -0.4 is 5.32 Å². The molecule has 0 saturated carbocycles. The van der Waals surface area contributed by atoms with Crippen molar-refractivity contribution in [2.45, 2.75) is 19.3 Å². The second-order valence-electron chi connectivity index (χ2n) is 2.65. The number of alkyl carbamates (subject to hydrolysis) is 1. The summed E-state index contributed by atoms with van der Waals surface area (Å²) >= 11 is 0. The minimum absolute atomic E-state index is 0.406. The molecule has 0 spiro atoms. The van der Waals surface area contributed by atoms with E-state index in [1.807, 2.05) is 0 Å². The van der Waals surface area contributed by atoms with Gasteiger partial charge in [-0.2, -0.15) is 0 Å². The summed E-state index contributed by atoms with van der Waals surface area (Å²) in [6.07, 6.45) is 8.61. The van der Waals surface area contributed by atoms with Crippen LogP contribution >= 0.6 is 0 Å². The lowest BCUT2D eigenvalue weighted by Gasteiger charge is -2.07. The van der Waals surface area contributed by atoms with E-state index in [2.05, 4.69) is 22.2 Å². The van der Waals surface area contributed by atoms with Crippen LogP contribution in [0.3, 0.4) is 0 Å². The van der Waals surface area contributed by atoms with E-state index in [4.69, 9.17) is 0 Å². The molecule has 0 fully saturated rings. The highest BCUT2D eigenvalue weighted by molar-refractivity contribution is 5.68. The van der Waals surface area contributed by atoms with Gasteiger partial charge in [0, 0.05) is 6.20 Å². The zero-order valence-electron chi connectivity index (χ0n) is 7.17. The van der Waals surface area contributed by atoms with E-state index in [0.717, 1.165) is 19.3 Å². The van der Waals surface area contributed by atoms with E-state index in [1.165, 1.54) is 12.7 Å². The molecule has 0 bridgehead atoms. The van der Waals surface area contributed by atoms with Crippen molar-refractivity contribution in [3.05, 3.63) is 23.9 Å². The van der Waals surface area contributed by atoms with Crippen LogP contribution in [0.4, 0.5) is 4.79 Å². The highest BCUT2D eigenvalue weighted by atomic mass is 16.5. The fraction of sp³-hybridized carbons (Fsp3) is 0.444. The van der Waals surface area contributed by atoms with Crippen LogP contribution in [0, 0.1) is 0 Å². The predicted molar refractivity (Wildman–Crippen MR) is 46.6 cm³/mol. The predicted octanol–water partition coefficient (Wildman–Crippen LogP) is 1.97. The number of hydrogen-bond donors (Lipinski definition) is 1. The zero-order valence-corrected chi connectivity index (χ0v) is 7.17. The van der Waals surface area contributed by atoms with Crippen LogP contribution in [0.15, 0.2) is 23.9 Å². The average Bonchev–Trinajstić information content (AvgIpc) is 2.16. The minimum atomic E-state index is -0.406. The van der Waals surface area contributed by atoms with Gasteiger partial charge in [0.05, 0.1) is 7.11 Å². The van der Waals surface area contributed by atoms with Crippen LogP contribution in [0.25, 0.3) is 0 Å². The Labute approximate surface area is 72.1 Å². The molecule has 12 heavy (non-hydrogen) atoms. The fourth-order valence-corrected chi connectivity index (χ4v) is 1.07. The summed E-state index contributed by atoms with van der Waals surface area (Å²) in [5, 5.41) is 2.54. The lowest BCUT2D eigenvalue weighted by Crippen LogP contribution is -2.17. The van der Waals surface area contributed by atoms with Crippen molar-refractivity contribution in [1.82, 2.24) is 5.32 Å². The Morgan fingerprint density at radius 3 is 3.08 bits per heavy atom. The van der Waals surface area contributed by atoms with E-state index in [9.17, 15) is 4.79 Å². The van der Waals surface area contributed by atoms with Gasteiger partial charge in [0.1, 0.15) is 0 Å². The number of allylic oxidation sites excluding steroid dienone is 3. The lowest BCUT2D eigenvalue weighted by molar-refractivity contribution is 0.175. The Morgan fingerprint density at radius 2 is 2.50 bits per heavy atom. The third-order valence-corrected chi connectivity index (χ3v) is 1.76. The molecule has 66 valence electrons. The fourth-order valence-electron chi connectivity index (χ4n) is 1.07. The number of carbonyl (C=O) groups excluding carboxylic acids is 1. The van der Waals surface area contributed by atoms with Crippen LogP contribution in [0.5, 0.6) is 0 Å². The van der Waals surface area contributed by atoms with Gasteiger partial charge in [0.15, 0.2) is 0 Å². The molecule has 0 aromatic carbocycles. The molecule has 0 saturated heterocycles. The van der Waals surface area contributed by atoms with E-state index in [1.54, 1.807) is 6.20 Å². The molecule has 3 nitrogen and oxygen atoms in total. The molecular formula is C9H13NO2. The Hall–Kier alpha value is -1.25. The summed E-state index contributed by atoms with van der Waals surface area (Å²) in [6, 6.07) is 0. The van der Waals surface area contributed by atoms with Gasteiger partial charge >= 0.3 is 6.09 Å². The van der Waals surface area contributed by atoms with Crippen molar-refractivity contribution in [2.75, 3.05) is 7.11 Å². The molecule has 1 amide bonds. The highest BCUT2D eigenvalue weighted by Gasteiger charge is 2.00. The Bertz CT molecular complexity index is 219. The van der Waals surface area contributed by atoms with E-state index < -0.39 is 6.09 Å². The van der Waals surface area contributed by atoms with Crippen molar-refractivity contribution in [3.63, 3.8) is 0 Å². The maximum atomic E-state index is 10.7. The molecule has 0 unspecified atom stereocenters. The summed E-state index contributed by atoms with van der Waals surface area (Å²) in [7, 11) is 1.36. The third-order valence-electron chi connectivity index (χ3n) is 1.76. The van der Waals surface area contributed by atoms with Gasteiger partial charge in [0.2, 0.25) is 0 Å². The van der Waals surface area contributed by atoms with Crippen LogP contribution in [-0.4, -0.2) is 13.2 Å². The van der Waals surface area contributed by atoms with Gasteiger partial charge in [-0.05, 0) is 24.8 Å². The van der Waals surface area contributed by atoms with Crippen LogP contribution in [0.2, 0.25) is 0 Å². The number of carbonyl (C=O) groups is 1. The van der Waals surface area contributed by atoms with Gasteiger partial charge in [-0.1, -0.05) is 12.2 Å². The Kier molecular flexibility index (Phi) is 3.38. The molecule has 3 heteroatoms. The molecule has 0 aromatic rings. The molecule has 1 N–H and O–H groups in total. The maximum absolute atomic E-state index is 10.7. The molecule has 0 aromatic heterocycles. The SMILES string of the molecule is COC(=O)N/C=C1\CC=CCC1. The molecule has 0 heterocycles.